The van der Waals surface area contributed by atoms with Gasteiger partial charge in [0.1, 0.15) is 6.04 Å². The summed E-state index contributed by atoms with van der Waals surface area (Å²) in [5.74, 6) is -2.03. The molecular formula is C29H34BrN3O4S. The third-order valence-corrected chi connectivity index (χ3v) is 11.5. The van der Waals surface area contributed by atoms with Crippen LogP contribution in [0, 0.1) is 31.6 Å². The predicted octanol–water partition coefficient (Wildman–Crippen LogP) is 4.36. The van der Waals surface area contributed by atoms with Gasteiger partial charge < -0.3 is 20.6 Å². The van der Waals surface area contributed by atoms with Crippen LogP contribution in [-0.4, -0.2) is 61.2 Å². The SMILES string of the molecule is Cc1ccc(C)c(NC(=O)C2N([C@@H](CO)C(C)C)C(=O)[C@@H]3[C@H](C(=O)Nc4ccccc4)[C@H]4SC23CC4Br)c1. The molecule has 3 fully saturated rings. The lowest BCUT2D eigenvalue weighted by atomic mass is 9.70. The fourth-order valence-corrected chi connectivity index (χ4v) is 10.1. The molecule has 3 aliphatic rings. The molecule has 2 bridgehead atoms. The van der Waals surface area contributed by atoms with E-state index >= 15 is 0 Å². The zero-order valence-corrected chi connectivity index (χ0v) is 24.4. The minimum atomic E-state index is -0.816. The second-order valence-corrected chi connectivity index (χ2v) is 13.8. The molecule has 3 amide bonds. The number of thioether (sulfide) groups is 1. The van der Waals surface area contributed by atoms with Gasteiger partial charge in [-0.2, -0.15) is 0 Å². The van der Waals surface area contributed by atoms with E-state index in [0.717, 1.165) is 11.1 Å². The highest BCUT2D eigenvalue weighted by Gasteiger charge is 2.76. The highest BCUT2D eigenvalue weighted by molar-refractivity contribution is 9.09. The van der Waals surface area contributed by atoms with Crippen molar-refractivity contribution >= 4 is 56.8 Å². The summed E-state index contributed by atoms with van der Waals surface area (Å²) in [6.45, 7) is 7.53. The largest absolute Gasteiger partial charge is 0.394 e. The standard InChI is InChI=1S/C29H34BrN3O4S/c1-15(2)21(14-34)33-25(27(36)32-20-12-16(3)10-11-17(20)4)29-13-19(30)24(38-29)22(23(29)28(33)37)26(35)31-18-8-6-5-7-9-18/h5-12,15,19,21-25,34H,13-14H2,1-4H3,(H,31,35)(H,32,36)/t19?,21-,22-,23-,24-,25?,29?/m0/s1. The summed E-state index contributed by atoms with van der Waals surface area (Å²) in [6.07, 6.45) is 0.589. The van der Waals surface area contributed by atoms with E-state index < -0.39 is 28.7 Å². The molecule has 7 nitrogen and oxygen atoms in total. The second kappa shape index (κ2) is 10.3. The number of anilines is 2. The maximum absolute atomic E-state index is 14.3. The number of aliphatic hydroxyl groups is 1. The Kier molecular flexibility index (Phi) is 7.39. The first-order valence-electron chi connectivity index (χ1n) is 13.1. The molecule has 1 spiro atoms. The Labute approximate surface area is 236 Å². The molecule has 3 heterocycles. The van der Waals surface area contributed by atoms with E-state index in [2.05, 4.69) is 26.6 Å². The number of carbonyl (C=O) groups excluding carboxylic acids is 3. The Morgan fingerprint density at radius 3 is 2.50 bits per heavy atom. The lowest BCUT2D eigenvalue weighted by Gasteiger charge is -2.38. The van der Waals surface area contributed by atoms with Crippen molar-refractivity contribution in [3.63, 3.8) is 0 Å². The maximum atomic E-state index is 14.3. The number of nitrogens with one attached hydrogen (secondary N) is 2. The number of aliphatic hydroxyl groups excluding tert-OH is 1. The summed E-state index contributed by atoms with van der Waals surface area (Å²) < 4.78 is -0.779. The summed E-state index contributed by atoms with van der Waals surface area (Å²) in [5, 5.41) is 16.3. The number of rotatable bonds is 7. The van der Waals surface area contributed by atoms with Crippen molar-refractivity contribution in [2.75, 3.05) is 17.2 Å². The van der Waals surface area contributed by atoms with E-state index in [1.807, 2.05) is 76.2 Å². The second-order valence-electron chi connectivity index (χ2n) is 11.1. The number of hydrogen-bond donors (Lipinski definition) is 3. The van der Waals surface area contributed by atoms with Crippen molar-refractivity contribution in [3.05, 3.63) is 59.7 Å². The van der Waals surface area contributed by atoms with Crippen molar-refractivity contribution < 1.29 is 19.5 Å². The number of alkyl halides is 1. The number of carbonyl (C=O) groups is 3. The number of fused-ring (bicyclic) bond motifs is 1. The molecule has 0 aliphatic carbocycles. The molecule has 0 aromatic heterocycles. The van der Waals surface area contributed by atoms with Crippen molar-refractivity contribution in [2.24, 2.45) is 17.8 Å². The van der Waals surface area contributed by atoms with Crippen LogP contribution in [0.2, 0.25) is 0 Å². The predicted molar refractivity (Wildman–Crippen MR) is 154 cm³/mol. The first kappa shape index (κ1) is 27.2. The van der Waals surface area contributed by atoms with Crippen LogP contribution in [0.3, 0.4) is 0 Å². The van der Waals surface area contributed by atoms with E-state index in [4.69, 9.17) is 0 Å². The summed E-state index contributed by atoms with van der Waals surface area (Å²) in [7, 11) is 0. The molecule has 2 aromatic carbocycles. The number of halogens is 1. The van der Waals surface area contributed by atoms with Crippen LogP contribution in [0.15, 0.2) is 48.5 Å². The van der Waals surface area contributed by atoms with Crippen molar-refractivity contribution in [3.8, 4) is 0 Å². The number of nitrogens with zero attached hydrogens (tertiary/aromatic N) is 1. The van der Waals surface area contributed by atoms with Gasteiger partial charge in [0.25, 0.3) is 0 Å². The number of amides is 3. The van der Waals surface area contributed by atoms with Gasteiger partial charge in [-0.3, -0.25) is 14.4 Å². The van der Waals surface area contributed by atoms with Crippen LogP contribution in [0.1, 0.15) is 31.4 Å². The summed E-state index contributed by atoms with van der Waals surface area (Å²) >= 11 is 5.39. The minimum absolute atomic E-state index is 0.0225. The van der Waals surface area contributed by atoms with E-state index in [1.54, 1.807) is 16.7 Å². The molecular weight excluding hydrogens is 566 g/mol. The van der Waals surface area contributed by atoms with Crippen LogP contribution in [0.25, 0.3) is 0 Å². The van der Waals surface area contributed by atoms with Gasteiger partial charge in [0.2, 0.25) is 17.7 Å². The van der Waals surface area contributed by atoms with E-state index in [-0.39, 0.29) is 40.3 Å². The zero-order chi connectivity index (χ0) is 27.4. The molecule has 0 saturated carbocycles. The molecule has 202 valence electrons. The molecule has 3 aliphatic heterocycles. The number of benzene rings is 2. The summed E-state index contributed by atoms with van der Waals surface area (Å²) in [5.41, 5.74) is 3.33. The number of hydrogen-bond acceptors (Lipinski definition) is 5. The molecule has 5 rings (SSSR count). The number of aryl methyl sites for hydroxylation is 2. The van der Waals surface area contributed by atoms with Crippen molar-refractivity contribution in [1.29, 1.82) is 0 Å². The van der Waals surface area contributed by atoms with Crippen LogP contribution in [0.5, 0.6) is 0 Å². The molecule has 9 heteroatoms. The molecule has 2 aromatic rings. The van der Waals surface area contributed by atoms with Gasteiger partial charge in [-0.15, -0.1) is 11.8 Å². The van der Waals surface area contributed by atoms with Gasteiger partial charge in [0.15, 0.2) is 0 Å². The van der Waals surface area contributed by atoms with Gasteiger partial charge in [0.05, 0.1) is 29.2 Å². The smallest absolute Gasteiger partial charge is 0.248 e. The van der Waals surface area contributed by atoms with Gasteiger partial charge in [-0.05, 0) is 55.5 Å². The fourth-order valence-electron chi connectivity index (χ4n) is 6.46. The molecule has 0 radical (unpaired) electrons. The van der Waals surface area contributed by atoms with E-state index in [0.29, 0.717) is 17.8 Å². The van der Waals surface area contributed by atoms with Crippen LogP contribution >= 0.6 is 27.7 Å². The third-order valence-electron chi connectivity index (χ3n) is 8.28. The van der Waals surface area contributed by atoms with Gasteiger partial charge in [-0.1, -0.05) is 60.1 Å². The van der Waals surface area contributed by atoms with Gasteiger partial charge in [-0.25, -0.2) is 0 Å². The Bertz CT molecular complexity index is 1260. The van der Waals surface area contributed by atoms with Gasteiger partial charge in [0, 0.05) is 21.5 Å². The van der Waals surface area contributed by atoms with Crippen LogP contribution in [-0.2, 0) is 14.4 Å². The van der Waals surface area contributed by atoms with Crippen LogP contribution < -0.4 is 10.6 Å². The number of para-hydroxylation sites is 1. The molecule has 3 N–H and O–H groups in total. The van der Waals surface area contributed by atoms with Crippen molar-refractivity contribution in [2.45, 2.75) is 61.0 Å². The average Bonchev–Trinajstić information content (AvgIpc) is 3.46. The highest BCUT2D eigenvalue weighted by Crippen LogP contribution is 2.68. The Morgan fingerprint density at radius 1 is 1.13 bits per heavy atom. The zero-order valence-electron chi connectivity index (χ0n) is 22.0. The Hall–Kier alpha value is -2.36. The lowest BCUT2D eigenvalue weighted by Crippen LogP contribution is -2.56. The van der Waals surface area contributed by atoms with Gasteiger partial charge >= 0.3 is 0 Å². The lowest BCUT2D eigenvalue weighted by molar-refractivity contribution is -0.142. The highest BCUT2D eigenvalue weighted by atomic mass is 79.9. The molecule has 38 heavy (non-hydrogen) atoms. The van der Waals surface area contributed by atoms with E-state index in [9.17, 15) is 19.5 Å². The summed E-state index contributed by atoms with van der Waals surface area (Å²) in [4.78, 5) is 43.7. The summed E-state index contributed by atoms with van der Waals surface area (Å²) in [6, 6.07) is 13.8. The Morgan fingerprint density at radius 2 is 1.84 bits per heavy atom. The van der Waals surface area contributed by atoms with E-state index in [1.165, 1.54) is 0 Å². The first-order chi connectivity index (χ1) is 18.1. The monoisotopic (exact) mass is 599 g/mol. The van der Waals surface area contributed by atoms with Crippen LogP contribution in [0.4, 0.5) is 11.4 Å². The topological polar surface area (TPSA) is 98.7 Å². The maximum Gasteiger partial charge on any atom is 0.248 e. The minimum Gasteiger partial charge on any atom is -0.394 e. The molecule has 7 atom stereocenters. The quantitative estimate of drug-likeness (QED) is 0.411. The van der Waals surface area contributed by atoms with Crippen molar-refractivity contribution in [1.82, 2.24) is 4.90 Å². The molecule has 3 unspecified atom stereocenters. The fraction of sp³-hybridized carbons (Fsp3) is 0.483. The average molecular weight is 601 g/mol. The molecule has 3 saturated heterocycles. The normalized spacial score (nSPS) is 30.4. The third kappa shape index (κ3) is 4.36. The Balaban J connectivity index is 1.56. The number of likely N-dealkylation sites (tertiary alicyclic amines) is 1. The first-order valence-corrected chi connectivity index (χ1v) is 14.9.